The summed E-state index contributed by atoms with van der Waals surface area (Å²) in [4.78, 5) is 10.3. The summed E-state index contributed by atoms with van der Waals surface area (Å²) in [5.74, 6) is -1.19. The lowest BCUT2D eigenvalue weighted by molar-refractivity contribution is -0.137. The van der Waals surface area contributed by atoms with Crippen LogP contribution in [0.3, 0.4) is 0 Å². The highest BCUT2D eigenvalue weighted by molar-refractivity contribution is 6.30. The Morgan fingerprint density at radius 2 is 2.18 bits per heavy atom. The molecule has 0 aliphatic carbocycles. The number of unbranched alkanes of at least 4 members (excludes halogenated alkanes) is 1. The molecule has 0 fully saturated rings. The van der Waals surface area contributed by atoms with Crippen LogP contribution in [-0.2, 0) is 11.3 Å². The Bertz CT molecular complexity index is 385. The lowest BCUT2D eigenvalue weighted by Gasteiger charge is -2.05. The summed E-state index contributed by atoms with van der Waals surface area (Å²) in [7, 11) is 0. The van der Waals surface area contributed by atoms with Crippen LogP contribution in [0.2, 0.25) is 5.02 Å². The normalized spacial score (nSPS) is 10.5. The second-order valence-electron chi connectivity index (χ2n) is 3.78. The van der Waals surface area contributed by atoms with Gasteiger partial charge in [-0.1, -0.05) is 17.7 Å². The van der Waals surface area contributed by atoms with Crippen molar-refractivity contribution < 1.29 is 14.3 Å². The first-order valence-corrected chi connectivity index (χ1v) is 5.84. The maximum absolute atomic E-state index is 12.9. The van der Waals surface area contributed by atoms with E-state index in [1.54, 1.807) is 12.1 Å². The van der Waals surface area contributed by atoms with Crippen LogP contribution in [0.15, 0.2) is 18.2 Å². The molecule has 0 heterocycles. The molecule has 0 aromatic heterocycles. The SMILES string of the molecule is O=C(O)CCCCNCc1ccc(F)c(Cl)c1. The first-order chi connectivity index (χ1) is 8.09. The minimum Gasteiger partial charge on any atom is -0.481 e. The fraction of sp³-hybridized carbons (Fsp3) is 0.417. The number of carbonyl (C=O) groups is 1. The summed E-state index contributed by atoms with van der Waals surface area (Å²) in [6.45, 7) is 1.34. The molecular formula is C12H15ClFNO2. The molecule has 0 unspecified atom stereocenters. The van der Waals surface area contributed by atoms with Crippen LogP contribution in [-0.4, -0.2) is 17.6 Å². The third kappa shape index (κ3) is 5.65. The molecule has 1 aromatic carbocycles. The quantitative estimate of drug-likeness (QED) is 0.741. The number of hydrogen-bond acceptors (Lipinski definition) is 2. The number of carboxylic acid groups (broad SMARTS) is 1. The van der Waals surface area contributed by atoms with E-state index in [0.717, 1.165) is 18.5 Å². The molecule has 3 nitrogen and oxygen atoms in total. The Balaban J connectivity index is 2.18. The predicted octanol–water partition coefficient (Wildman–Crippen LogP) is 2.82. The van der Waals surface area contributed by atoms with Crippen molar-refractivity contribution in [3.8, 4) is 0 Å². The van der Waals surface area contributed by atoms with Gasteiger partial charge in [0, 0.05) is 13.0 Å². The highest BCUT2D eigenvalue weighted by Crippen LogP contribution is 2.15. The van der Waals surface area contributed by atoms with Crippen molar-refractivity contribution in [1.29, 1.82) is 0 Å². The maximum Gasteiger partial charge on any atom is 0.303 e. The van der Waals surface area contributed by atoms with Gasteiger partial charge in [0.25, 0.3) is 0 Å². The summed E-state index contributed by atoms with van der Waals surface area (Å²) in [5, 5.41) is 11.7. The van der Waals surface area contributed by atoms with Crippen molar-refractivity contribution in [1.82, 2.24) is 5.32 Å². The number of rotatable bonds is 7. The third-order valence-corrected chi connectivity index (χ3v) is 2.60. The third-order valence-electron chi connectivity index (χ3n) is 2.31. The molecule has 1 rings (SSSR count). The molecule has 17 heavy (non-hydrogen) atoms. The number of aliphatic carboxylic acids is 1. The number of hydrogen-bond donors (Lipinski definition) is 2. The van der Waals surface area contributed by atoms with E-state index in [-0.39, 0.29) is 11.4 Å². The van der Waals surface area contributed by atoms with Crippen molar-refractivity contribution in [2.24, 2.45) is 0 Å². The van der Waals surface area contributed by atoms with E-state index in [9.17, 15) is 9.18 Å². The summed E-state index contributed by atoms with van der Waals surface area (Å²) >= 11 is 5.64. The van der Waals surface area contributed by atoms with Gasteiger partial charge in [0.05, 0.1) is 5.02 Å². The standard InChI is InChI=1S/C12H15ClFNO2/c13-10-7-9(4-5-11(10)14)8-15-6-2-1-3-12(16)17/h4-5,7,15H,1-3,6,8H2,(H,16,17). The zero-order chi connectivity index (χ0) is 12.7. The Kier molecular flexibility index (Phi) is 5.94. The van der Waals surface area contributed by atoms with Crippen molar-refractivity contribution in [2.75, 3.05) is 6.54 Å². The van der Waals surface area contributed by atoms with Gasteiger partial charge < -0.3 is 10.4 Å². The number of benzene rings is 1. The molecule has 0 saturated carbocycles. The summed E-state index contributed by atoms with van der Waals surface area (Å²) in [6.07, 6.45) is 1.66. The molecule has 1 aromatic rings. The van der Waals surface area contributed by atoms with E-state index in [1.165, 1.54) is 6.07 Å². The molecule has 0 spiro atoms. The minimum absolute atomic E-state index is 0.121. The van der Waals surface area contributed by atoms with Gasteiger partial charge in [-0.2, -0.15) is 0 Å². The summed E-state index contributed by atoms with van der Waals surface area (Å²) in [6, 6.07) is 4.59. The first-order valence-electron chi connectivity index (χ1n) is 5.46. The van der Waals surface area contributed by atoms with E-state index in [1.807, 2.05) is 0 Å². The van der Waals surface area contributed by atoms with Crippen molar-refractivity contribution >= 4 is 17.6 Å². The van der Waals surface area contributed by atoms with Gasteiger partial charge in [0.15, 0.2) is 0 Å². The maximum atomic E-state index is 12.9. The van der Waals surface area contributed by atoms with Crippen LogP contribution in [0.1, 0.15) is 24.8 Å². The molecule has 0 saturated heterocycles. The lowest BCUT2D eigenvalue weighted by atomic mass is 10.2. The Hall–Kier alpha value is -1.13. The van der Waals surface area contributed by atoms with Crippen molar-refractivity contribution in [3.05, 3.63) is 34.6 Å². The van der Waals surface area contributed by atoms with Gasteiger partial charge in [-0.3, -0.25) is 4.79 Å². The van der Waals surface area contributed by atoms with E-state index < -0.39 is 11.8 Å². The van der Waals surface area contributed by atoms with E-state index in [4.69, 9.17) is 16.7 Å². The number of nitrogens with one attached hydrogen (secondary N) is 1. The van der Waals surface area contributed by atoms with Gasteiger partial charge in [-0.25, -0.2) is 4.39 Å². The van der Waals surface area contributed by atoms with Crippen LogP contribution in [0, 0.1) is 5.82 Å². The molecule has 0 bridgehead atoms. The molecule has 0 aliphatic heterocycles. The van der Waals surface area contributed by atoms with Gasteiger partial charge in [0.2, 0.25) is 0 Å². The van der Waals surface area contributed by atoms with E-state index in [2.05, 4.69) is 5.32 Å². The van der Waals surface area contributed by atoms with E-state index >= 15 is 0 Å². The first kappa shape index (κ1) is 13.9. The molecule has 0 amide bonds. The van der Waals surface area contributed by atoms with Gasteiger partial charge in [-0.15, -0.1) is 0 Å². The van der Waals surface area contributed by atoms with Gasteiger partial charge in [-0.05, 0) is 37.1 Å². The van der Waals surface area contributed by atoms with Crippen LogP contribution in [0.25, 0.3) is 0 Å². The zero-order valence-electron chi connectivity index (χ0n) is 9.38. The second kappa shape index (κ2) is 7.25. The van der Waals surface area contributed by atoms with Crippen molar-refractivity contribution in [3.63, 3.8) is 0 Å². The monoisotopic (exact) mass is 259 g/mol. The molecule has 0 atom stereocenters. The minimum atomic E-state index is -0.768. The molecule has 0 radical (unpaired) electrons. The van der Waals surface area contributed by atoms with Gasteiger partial charge in [0.1, 0.15) is 5.82 Å². The zero-order valence-corrected chi connectivity index (χ0v) is 10.1. The number of carboxylic acids is 1. The average molecular weight is 260 g/mol. The molecule has 5 heteroatoms. The Labute approximate surface area is 105 Å². The highest BCUT2D eigenvalue weighted by Gasteiger charge is 2.00. The summed E-state index contributed by atoms with van der Waals surface area (Å²) in [5.41, 5.74) is 0.912. The molecular weight excluding hydrogens is 245 g/mol. The lowest BCUT2D eigenvalue weighted by Crippen LogP contribution is -2.15. The highest BCUT2D eigenvalue weighted by atomic mass is 35.5. The van der Waals surface area contributed by atoms with Crippen LogP contribution >= 0.6 is 11.6 Å². The largest absolute Gasteiger partial charge is 0.481 e. The molecule has 2 N–H and O–H groups in total. The fourth-order valence-electron chi connectivity index (χ4n) is 1.41. The van der Waals surface area contributed by atoms with Crippen LogP contribution in [0.4, 0.5) is 4.39 Å². The topological polar surface area (TPSA) is 49.3 Å². The Morgan fingerprint density at radius 1 is 1.41 bits per heavy atom. The van der Waals surface area contributed by atoms with Crippen LogP contribution < -0.4 is 5.32 Å². The second-order valence-corrected chi connectivity index (χ2v) is 4.18. The Morgan fingerprint density at radius 3 is 2.82 bits per heavy atom. The van der Waals surface area contributed by atoms with Crippen molar-refractivity contribution in [2.45, 2.75) is 25.8 Å². The fourth-order valence-corrected chi connectivity index (χ4v) is 1.61. The smallest absolute Gasteiger partial charge is 0.303 e. The molecule has 94 valence electrons. The predicted molar refractivity (Wildman–Crippen MR) is 64.6 cm³/mol. The van der Waals surface area contributed by atoms with E-state index in [0.29, 0.717) is 13.0 Å². The number of halogens is 2. The van der Waals surface area contributed by atoms with Gasteiger partial charge >= 0.3 is 5.97 Å². The van der Waals surface area contributed by atoms with Crippen LogP contribution in [0.5, 0.6) is 0 Å². The molecule has 0 aliphatic rings. The summed E-state index contributed by atoms with van der Waals surface area (Å²) < 4.78 is 12.9. The average Bonchev–Trinajstić information content (AvgIpc) is 2.27.